The molecule has 4 rings (SSSR count). The average Bonchev–Trinajstić information content (AvgIpc) is 3.13. The Kier molecular flexibility index (Phi) is 6.47. The van der Waals surface area contributed by atoms with Crippen LogP contribution in [0.2, 0.25) is 0 Å². The van der Waals surface area contributed by atoms with Crippen LogP contribution in [0.4, 0.5) is 0 Å². The van der Waals surface area contributed by atoms with Gasteiger partial charge >= 0.3 is 5.97 Å². The van der Waals surface area contributed by atoms with E-state index in [2.05, 4.69) is 4.99 Å². The van der Waals surface area contributed by atoms with Gasteiger partial charge in [0, 0.05) is 5.56 Å². The first-order valence-electron chi connectivity index (χ1n) is 10.5. The lowest BCUT2D eigenvalue weighted by molar-refractivity contribution is -0.255. The number of carboxylic acids is 1. The van der Waals surface area contributed by atoms with Crippen molar-refractivity contribution < 1.29 is 24.2 Å². The van der Waals surface area contributed by atoms with Crippen molar-refractivity contribution in [3.05, 3.63) is 96.2 Å². The molecule has 0 fully saturated rings. The van der Waals surface area contributed by atoms with Crippen molar-refractivity contribution in [1.82, 2.24) is 4.57 Å². The van der Waals surface area contributed by atoms with Crippen molar-refractivity contribution in [2.24, 2.45) is 4.99 Å². The van der Waals surface area contributed by atoms with Gasteiger partial charge in [0.15, 0.2) is 4.80 Å². The molecule has 34 heavy (non-hydrogen) atoms. The van der Waals surface area contributed by atoms with Crippen molar-refractivity contribution in [1.29, 1.82) is 0 Å². The van der Waals surface area contributed by atoms with Crippen LogP contribution in [0, 0.1) is 0 Å². The Morgan fingerprint density at radius 1 is 1.18 bits per heavy atom. The normalized spacial score (nSPS) is 15.5. The number of nitrogens with zero attached hydrogens (tertiary/aromatic N) is 2. The fraction of sp³-hybridized carbons (Fsp3) is 0.200. The third kappa shape index (κ3) is 4.17. The summed E-state index contributed by atoms with van der Waals surface area (Å²) in [6.07, 6.45) is 1.66. The molecule has 9 heteroatoms. The molecular formula is C25H21N2O6S-. The minimum Gasteiger partial charge on any atom is -0.545 e. The number of rotatable bonds is 6. The number of hydrogen-bond donors (Lipinski definition) is 0. The van der Waals surface area contributed by atoms with E-state index in [-0.39, 0.29) is 23.3 Å². The summed E-state index contributed by atoms with van der Waals surface area (Å²) in [5.74, 6) is -1.30. The number of fused-ring (bicyclic) bond motifs is 1. The standard InChI is InChI=1S/C25H22N2O6S/c1-4-33-24(31)20-14(2)26-25-27(21(20)17-7-5-6-8-18(17)32-3)22(28)19(34-25)13-15-9-11-16(12-10-15)23(29)30/h5-13,21H,4H2,1-3H3,(H,29,30)/p-1/b19-13-/t21-/m1/s1. The van der Waals surface area contributed by atoms with E-state index in [9.17, 15) is 19.5 Å². The van der Waals surface area contributed by atoms with Crippen molar-refractivity contribution in [3.63, 3.8) is 0 Å². The van der Waals surface area contributed by atoms with E-state index in [0.29, 0.717) is 31.9 Å². The van der Waals surface area contributed by atoms with Gasteiger partial charge in [-0.1, -0.05) is 53.8 Å². The maximum absolute atomic E-state index is 13.6. The number of benzene rings is 2. The fourth-order valence-corrected chi connectivity index (χ4v) is 4.89. The average molecular weight is 478 g/mol. The molecule has 0 amide bonds. The highest BCUT2D eigenvalue weighted by Gasteiger charge is 2.34. The molecule has 0 spiro atoms. The molecule has 174 valence electrons. The first-order valence-corrected chi connectivity index (χ1v) is 11.3. The summed E-state index contributed by atoms with van der Waals surface area (Å²) in [5, 5.41) is 11.0. The second-order valence-corrected chi connectivity index (χ2v) is 8.46. The highest BCUT2D eigenvalue weighted by Crippen LogP contribution is 2.35. The molecule has 2 heterocycles. The van der Waals surface area contributed by atoms with E-state index >= 15 is 0 Å². The first-order chi connectivity index (χ1) is 16.3. The molecule has 1 aliphatic heterocycles. The zero-order chi connectivity index (χ0) is 24.4. The molecule has 1 aliphatic rings. The van der Waals surface area contributed by atoms with E-state index in [0.717, 1.165) is 0 Å². The number of hydrogen-bond acceptors (Lipinski definition) is 8. The van der Waals surface area contributed by atoms with Gasteiger partial charge in [0.2, 0.25) is 0 Å². The van der Waals surface area contributed by atoms with E-state index < -0.39 is 18.0 Å². The number of carbonyl (C=O) groups excluding carboxylic acids is 2. The number of esters is 1. The summed E-state index contributed by atoms with van der Waals surface area (Å²) >= 11 is 1.18. The maximum atomic E-state index is 13.6. The molecular weight excluding hydrogens is 456 g/mol. The minimum absolute atomic E-state index is 0.0458. The summed E-state index contributed by atoms with van der Waals surface area (Å²) in [6.45, 7) is 3.61. The van der Waals surface area contributed by atoms with Crippen molar-refractivity contribution in [2.75, 3.05) is 13.7 Å². The van der Waals surface area contributed by atoms with Gasteiger partial charge in [0.1, 0.15) is 11.8 Å². The van der Waals surface area contributed by atoms with Crippen molar-refractivity contribution >= 4 is 29.4 Å². The van der Waals surface area contributed by atoms with Crippen LogP contribution in [0.1, 0.15) is 41.4 Å². The number of carbonyl (C=O) groups is 2. The summed E-state index contributed by atoms with van der Waals surface area (Å²) in [7, 11) is 1.53. The van der Waals surface area contributed by atoms with Crippen LogP contribution < -0.4 is 24.7 Å². The van der Waals surface area contributed by atoms with Crippen LogP contribution in [0.15, 0.2) is 69.6 Å². The summed E-state index contributed by atoms with van der Waals surface area (Å²) in [4.78, 5) is 42.5. The molecule has 0 aliphatic carbocycles. The largest absolute Gasteiger partial charge is 0.545 e. The third-order valence-electron chi connectivity index (χ3n) is 5.39. The minimum atomic E-state index is -1.27. The summed E-state index contributed by atoms with van der Waals surface area (Å²) in [5.41, 5.74) is 1.71. The van der Waals surface area contributed by atoms with Gasteiger partial charge in [0.25, 0.3) is 5.56 Å². The number of ether oxygens (including phenoxy) is 2. The number of aromatic carboxylic acids is 1. The maximum Gasteiger partial charge on any atom is 0.338 e. The van der Waals surface area contributed by atoms with Gasteiger partial charge in [-0.2, -0.15) is 0 Å². The Balaban J connectivity index is 1.94. The summed E-state index contributed by atoms with van der Waals surface area (Å²) < 4.78 is 12.7. The molecule has 0 saturated heterocycles. The smallest absolute Gasteiger partial charge is 0.338 e. The SMILES string of the molecule is CCOC(=O)C1=C(C)N=c2s/c(=C\c3ccc(C(=O)[O-])cc3)c(=O)n2[C@@H]1c1ccccc1OC. The number of para-hydroxylation sites is 1. The summed E-state index contributed by atoms with van der Waals surface area (Å²) in [6, 6.07) is 12.4. The zero-order valence-corrected chi connectivity index (χ0v) is 19.5. The molecule has 3 aromatic rings. The molecule has 0 radical (unpaired) electrons. The van der Waals surface area contributed by atoms with Gasteiger partial charge in [-0.25, -0.2) is 9.79 Å². The molecule has 0 bridgehead atoms. The van der Waals surface area contributed by atoms with Gasteiger partial charge < -0.3 is 19.4 Å². The molecule has 1 aromatic heterocycles. The lowest BCUT2D eigenvalue weighted by Gasteiger charge is -2.25. The Labute approximate surface area is 198 Å². The van der Waals surface area contributed by atoms with E-state index in [1.165, 1.54) is 35.1 Å². The molecule has 1 atom stereocenters. The van der Waals surface area contributed by atoms with Gasteiger partial charge in [-0.3, -0.25) is 9.36 Å². The molecule has 0 N–H and O–H groups in total. The predicted molar refractivity (Wildman–Crippen MR) is 124 cm³/mol. The topological polar surface area (TPSA) is 110 Å². The van der Waals surface area contributed by atoms with E-state index in [4.69, 9.17) is 9.47 Å². The number of methoxy groups -OCH3 is 1. The quantitative estimate of drug-likeness (QED) is 0.493. The van der Waals surface area contributed by atoms with Crippen molar-refractivity contribution in [2.45, 2.75) is 19.9 Å². The van der Waals surface area contributed by atoms with Gasteiger partial charge in [0.05, 0.1) is 35.5 Å². The third-order valence-corrected chi connectivity index (χ3v) is 6.38. The van der Waals surface area contributed by atoms with Crippen LogP contribution in [0.3, 0.4) is 0 Å². The van der Waals surface area contributed by atoms with E-state index in [1.54, 1.807) is 44.2 Å². The highest BCUT2D eigenvalue weighted by atomic mass is 32.1. The molecule has 2 aromatic carbocycles. The molecule has 0 unspecified atom stereocenters. The van der Waals surface area contributed by atoms with E-state index in [1.807, 2.05) is 12.1 Å². The Hall–Kier alpha value is -3.98. The van der Waals surface area contributed by atoms with Crippen LogP contribution in [-0.2, 0) is 9.53 Å². The lowest BCUT2D eigenvalue weighted by Crippen LogP contribution is -2.40. The van der Waals surface area contributed by atoms with Crippen molar-refractivity contribution in [3.8, 4) is 5.75 Å². The second kappa shape index (κ2) is 9.48. The Morgan fingerprint density at radius 3 is 2.53 bits per heavy atom. The predicted octanol–water partition coefficient (Wildman–Crippen LogP) is 1.17. The van der Waals surface area contributed by atoms with Gasteiger partial charge in [-0.15, -0.1) is 0 Å². The molecule has 0 saturated carbocycles. The highest BCUT2D eigenvalue weighted by molar-refractivity contribution is 7.07. The zero-order valence-electron chi connectivity index (χ0n) is 18.7. The first kappa shape index (κ1) is 23.2. The molecule has 8 nitrogen and oxygen atoms in total. The number of aromatic nitrogens is 1. The Bertz CT molecular complexity index is 1480. The number of thiazole rings is 1. The fourth-order valence-electron chi connectivity index (χ4n) is 3.84. The second-order valence-electron chi connectivity index (χ2n) is 7.45. The number of carboxylic acid groups (broad SMARTS) is 1. The van der Waals surface area contributed by atoms with Gasteiger partial charge in [-0.05, 0) is 37.1 Å². The lowest BCUT2D eigenvalue weighted by atomic mass is 9.95. The van der Waals surface area contributed by atoms with Crippen LogP contribution in [-0.4, -0.2) is 30.2 Å². The monoisotopic (exact) mass is 477 g/mol. The Morgan fingerprint density at radius 2 is 1.88 bits per heavy atom. The van der Waals surface area contributed by atoms with Crippen LogP contribution in [0.25, 0.3) is 6.08 Å². The number of allylic oxidation sites excluding steroid dienone is 1. The van der Waals surface area contributed by atoms with Crippen LogP contribution in [0.5, 0.6) is 5.75 Å². The van der Waals surface area contributed by atoms with Crippen LogP contribution >= 0.6 is 11.3 Å².